The van der Waals surface area contributed by atoms with E-state index in [1.807, 2.05) is 18.4 Å². The summed E-state index contributed by atoms with van der Waals surface area (Å²) in [5.74, 6) is 0.758. The summed E-state index contributed by atoms with van der Waals surface area (Å²) in [6, 6.07) is 8.60. The van der Waals surface area contributed by atoms with E-state index in [9.17, 15) is 4.79 Å². The summed E-state index contributed by atoms with van der Waals surface area (Å²) in [5, 5.41) is 0. The van der Waals surface area contributed by atoms with Crippen LogP contribution in [0.5, 0.6) is 0 Å². The lowest BCUT2D eigenvalue weighted by atomic mass is 10.1. The minimum Gasteiger partial charge on any atom is -0.298 e. The molecule has 0 amide bonds. The number of benzene rings is 1. The van der Waals surface area contributed by atoms with Gasteiger partial charge in [-0.1, -0.05) is 38.8 Å². The summed E-state index contributed by atoms with van der Waals surface area (Å²) in [4.78, 5) is 22.1. The molecule has 0 spiro atoms. The zero-order valence-electron chi connectivity index (χ0n) is 16.5. The molecule has 140 valence electrons. The van der Waals surface area contributed by atoms with Crippen molar-refractivity contribution in [2.45, 2.75) is 60.0 Å². The van der Waals surface area contributed by atoms with Crippen molar-refractivity contribution < 1.29 is 0 Å². The predicted octanol–water partition coefficient (Wildman–Crippen LogP) is 3.98. The molecule has 5 heteroatoms. The van der Waals surface area contributed by atoms with Gasteiger partial charge < -0.3 is 0 Å². The average Bonchev–Trinajstić information content (AvgIpc) is 2.66. The van der Waals surface area contributed by atoms with Crippen molar-refractivity contribution in [1.82, 2.24) is 14.5 Å². The number of hydrogen-bond donors (Lipinski definition) is 0. The number of rotatable bonds is 6. The van der Waals surface area contributed by atoms with Crippen molar-refractivity contribution in [1.29, 1.82) is 0 Å². The van der Waals surface area contributed by atoms with Crippen molar-refractivity contribution in [3.63, 3.8) is 0 Å². The number of fused-ring (bicyclic) bond motifs is 1. The lowest BCUT2D eigenvalue weighted by Gasteiger charge is -2.38. The van der Waals surface area contributed by atoms with Gasteiger partial charge in [0.2, 0.25) is 5.95 Å². The molecule has 1 aromatic heterocycles. The van der Waals surface area contributed by atoms with Crippen LogP contribution in [0, 0.1) is 13.8 Å². The number of hydrogen-bond acceptors (Lipinski definition) is 4. The van der Waals surface area contributed by atoms with Crippen LogP contribution in [-0.2, 0) is 13.1 Å². The Balaban J connectivity index is 2.00. The standard InChI is InChI=1S/C21H30N4O/c1-5-7-8-13-23-14-24(19-11-9-18(6-2)10-12-19)21-22-17(4)16(3)20(26)25(21)15-23/h9-12H,5-8,13-15H2,1-4H3. The second-order valence-corrected chi connectivity index (χ2v) is 7.19. The molecule has 1 aromatic carbocycles. The summed E-state index contributed by atoms with van der Waals surface area (Å²) in [5.41, 5.74) is 4.03. The van der Waals surface area contributed by atoms with Gasteiger partial charge in [-0.15, -0.1) is 0 Å². The maximum absolute atomic E-state index is 12.9. The highest BCUT2D eigenvalue weighted by atomic mass is 16.1. The molecule has 0 radical (unpaired) electrons. The van der Waals surface area contributed by atoms with Crippen molar-refractivity contribution in [3.05, 3.63) is 51.4 Å². The molecule has 0 aliphatic carbocycles. The van der Waals surface area contributed by atoms with Crippen LogP contribution in [0.2, 0.25) is 0 Å². The fourth-order valence-electron chi connectivity index (χ4n) is 3.42. The molecule has 3 rings (SSSR count). The Labute approximate surface area is 156 Å². The molecule has 1 aliphatic heterocycles. The quantitative estimate of drug-likeness (QED) is 0.736. The van der Waals surface area contributed by atoms with Crippen LogP contribution < -0.4 is 10.5 Å². The summed E-state index contributed by atoms with van der Waals surface area (Å²) in [7, 11) is 0. The molecule has 0 saturated heterocycles. The highest BCUT2D eigenvalue weighted by Crippen LogP contribution is 2.28. The topological polar surface area (TPSA) is 41.4 Å². The fraction of sp³-hybridized carbons (Fsp3) is 0.524. The van der Waals surface area contributed by atoms with E-state index >= 15 is 0 Å². The van der Waals surface area contributed by atoms with Gasteiger partial charge in [0.15, 0.2) is 0 Å². The summed E-state index contributed by atoms with van der Waals surface area (Å²) in [6.07, 6.45) is 4.60. The maximum Gasteiger partial charge on any atom is 0.259 e. The van der Waals surface area contributed by atoms with Gasteiger partial charge in [-0.05, 0) is 44.4 Å². The first-order valence-electron chi connectivity index (χ1n) is 9.72. The van der Waals surface area contributed by atoms with Crippen molar-refractivity contribution >= 4 is 11.6 Å². The molecule has 2 heterocycles. The summed E-state index contributed by atoms with van der Waals surface area (Å²) < 4.78 is 1.82. The molecule has 0 fully saturated rings. The molecule has 1 aliphatic rings. The zero-order valence-corrected chi connectivity index (χ0v) is 16.5. The van der Waals surface area contributed by atoms with Crippen molar-refractivity contribution in [2.75, 3.05) is 18.1 Å². The Morgan fingerprint density at radius 2 is 1.77 bits per heavy atom. The highest BCUT2D eigenvalue weighted by Gasteiger charge is 2.26. The number of aromatic nitrogens is 2. The minimum atomic E-state index is 0.0721. The Bertz CT molecular complexity index is 810. The smallest absolute Gasteiger partial charge is 0.259 e. The van der Waals surface area contributed by atoms with Crippen LogP contribution in [-0.4, -0.2) is 27.7 Å². The first-order valence-corrected chi connectivity index (χ1v) is 9.72. The number of anilines is 2. The first kappa shape index (κ1) is 18.6. The van der Waals surface area contributed by atoms with Gasteiger partial charge in [0.1, 0.15) is 0 Å². The van der Waals surface area contributed by atoms with E-state index in [0.717, 1.165) is 48.9 Å². The van der Waals surface area contributed by atoms with Crippen LogP contribution in [0.1, 0.15) is 49.9 Å². The lowest BCUT2D eigenvalue weighted by Crippen LogP contribution is -2.48. The molecular weight excluding hydrogens is 324 g/mol. The third kappa shape index (κ3) is 3.68. The van der Waals surface area contributed by atoms with Gasteiger partial charge in [0.25, 0.3) is 5.56 Å². The maximum atomic E-state index is 12.9. The number of nitrogens with zero attached hydrogens (tertiary/aromatic N) is 4. The van der Waals surface area contributed by atoms with Gasteiger partial charge >= 0.3 is 0 Å². The second kappa shape index (κ2) is 8.04. The molecule has 2 aromatic rings. The number of aryl methyl sites for hydroxylation is 2. The highest BCUT2D eigenvalue weighted by molar-refractivity contribution is 5.58. The zero-order chi connectivity index (χ0) is 18.7. The average molecular weight is 354 g/mol. The van der Waals surface area contributed by atoms with E-state index in [0.29, 0.717) is 6.67 Å². The van der Waals surface area contributed by atoms with Crippen molar-refractivity contribution in [2.24, 2.45) is 0 Å². The normalized spacial score (nSPS) is 14.5. The van der Waals surface area contributed by atoms with Crippen LogP contribution in [0.15, 0.2) is 29.1 Å². The van der Waals surface area contributed by atoms with Crippen LogP contribution in [0.3, 0.4) is 0 Å². The SMILES string of the molecule is CCCCCN1CN(c2ccc(CC)cc2)c2nc(C)c(C)c(=O)n2C1. The van der Waals surface area contributed by atoms with Gasteiger partial charge in [-0.3, -0.25) is 19.2 Å². The molecule has 0 bridgehead atoms. The first-order chi connectivity index (χ1) is 12.5. The Morgan fingerprint density at radius 1 is 1.04 bits per heavy atom. The second-order valence-electron chi connectivity index (χ2n) is 7.19. The van der Waals surface area contributed by atoms with Gasteiger partial charge in [-0.25, -0.2) is 4.98 Å². The molecule has 5 nitrogen and oxygen atoms in total. The summed E-state index contributed by atoms with van der Waals surface area (Å²) in [6.45, 7) is 10.6. The number of unbranched alkanes of at least 4 members (excludes halogenated alkanes) is 2. The van der Waals surface area contributed by atoms with E-state index in [1.165, 1.54) is 18.4 Å². The largest absolute Gasteiger partial charge is 0.298 e. The van der Waals surface area contributed by atoms with Gasteiger partial charge in [0.05, 0.1) is 13.3 Å². The molecule has 0 N–H and O–H groups in total. The fourth-order valence-corrected chi connectivity index (χ4v) is 3.42. The molecule has 0 atom stereocenters. The molecule has 0 unspecified atom stereocenters. The van der Waals surface area contributed by atoms with E-state index in [-0.39, 0.29) is 5.56 Å². The van der Waals surface area contributed by atoms with E-state index in [4.69, 9.17) is 4.98 Å². The van der Waals surface area contributed by atoms with Crippen LogP contribution in [0.4, 0.5) is 11.6 Å². The van der Waals surface area contributed by atoms with Gasteiger partial charge in [0, 0.05) is 23.5 Å². The monoisotopic (exact) mass is 354 g/mol. The molecule has 26 heavy (non-hydrogen) atoms. The molecule has 0 saturated carbocycles. The lowest BCUT2D eigenvalue weighted by molar-refractivity contribution is 0.194. The minimum absolute atomic E-state index is 0.0721. The third-order valence-corrected chi connectivity index (χ3v) is 5.28. The van der Waals surface area contributed by atoms with Gasteiger partial charge in [-0.2, -0.15) is 0 Å². The molecular formula is C21H30N4O. The third-order valence-electron chi connectivity index (χ3n) is 5.28. The van der Waals surface area contributed by atoms with E-state index in [2.05, 4.69) is 47.9 Å². The van der Waals surface area contributed by atoms with Crippen LogP contribution >= 0.6 is 0 Å². The Hall–Kier alpha value is -2.14. The summed E-state index contributed by atoms with van der Waals surface area (Å²) >= 11 is 0. The van der Waals surface area contributed by atoms with Crippen molar-refractivity contribution in [3.8, 4) is 0 Å². The Kier molecular flexibility index (Phi) is 5.77. The Morgan fingerprint density at radius 3 is 2.42 bits per heavy atom. The van der Waals surface area contributed by atoms with Crippen LogP contribution in [0.25, 0.3) is 0 Å². The predicted molar refractivity (Wildman–Crippen MR) is 107 cm³/mol. The van der Waals surface area contributed by atoms with E-state index < -0.39 is 0 Å². The van der Waals surface area contributed by atoms with E-state index in [1.54, 1.807) is 0 Å².